The quantitative estimate of drug-likeness (QED) is 0.312. The Kier molecular flexibility index (Phi) is 10.3. The van der Waals surface area contributed by atoms with Crippen LogP contribution in [0.2, 0.25) is 0 Å². The molecule has 36 heavy (non-hydrogen) atoms. The van der Waals surface area contributed by atoms with Crippen LogP contribution in [-0.2, 0) is 20.3 Å². The Morgan fingerprint density at radius 1 is 0.639 bits per heavy atom. The molecule has 2 aromatic carbocycles. The van der Waals surface area contributed by atoms with Crippen LogP contribution >= 0.6 is 0 Å². The SMILES string of the molecule is CCCC(C(CC)OC(=O)c1ccc(C(C)(C)C)cc1)C(CC)OC(=O)c1ccc(C(C)(C)C)cc1. The zero-order valence-corrected chi connectivity index (χ0v) is 23.8. The van der Waals surface area contributed by atoms with E-state index in [0.29, 0.717) is 24.0 Å². The van der Waals surface area contributed by atoms with Crippen LogP contribution in [0.1, 0.15) is 120 Å². The molecule has 2 unspecified atom stereocenters. The minimum absolute atomic E-state index is 0.0197. The van der Waals surface area contributed by atoms with E-state index in [4.69, 9.17) is 9.47 Å². The summed E-state index contributed by atoms with van der Waals surface area (Å²) in [5.41, 5.74) is 3.46. The van der Waals surface area contributed by atoms with E-state index in [-0.39, 0.29) is 40.9 Å². The maximum absolute atomic E-state index is 13.0. The summed E-state index contributed by atoms with van der Waals surface area (Å²) in [5.74, 6) is -0.731. The molecular weight excluding hydrogens is 448 g/mol. The highest BCUT2D eigenvalue weighted by Gasteiger charge is 2.33. The van der Waals surface area contributed by atoms with E-state index < -0.39 is 0 Å². The number of rotatable bonds is 10. The fourth-order valence-corrected chi connectivity index (χ4v) is 4.52. The lowest BCUT2D eigenvalue weighted by atomic mass is 9.86. The molecule has 0 fully saturated rings. The Hall–Kier alpha value is -2.62. The maximum Gasteiger partial charge on any atom is 0.338 e. The second kappa shape index (κ2) is 12.6. The van der Waals surface area contributed by atoms with Crippen LogP contribution in [0.15, 0.2) is 48.5 Å². The summed E-state index contributed by atoms with van der Waals surface area (Å²) in [7, 11) is 0. The van der Waals surface area contributed by atoms with Gasteiger partial charge in [-0.2, -0.15) is 0 Å². The van der Waals surface area contributed by atoms with E-state index in [2.05, 4.69) is 48.5 Å². The normalized spacial score (nSPS) is 14.6. The van der Waals surface area contributed by atoms with Crippen molar-refractivity contribution in [3.05, 3.63) is 70.8 Å². The number of carbonyl (C=O) groups is 2. The summed E-state index contributed by atoms with van der Waals surface area (Å²) in [6.45, 7) is 19.0. The van der Waals surface area contributed by atoms with Crippen LogP contribution in [0.3, 0.4) is 0 Å². The van der Waals surface area contributed by atoms with Gasteiger partial charge in [0.05, 0.1) is 11.1 Å². The lowest BCUT2D eigenvalue weighted by Crippen LogP contribution is -2.37. The van der Waals surface area contributed by atoms with Crippen molar-refractivity contribution >= 4 is 11.9 Å². The van der Waals surface area contributed by atoms with Gasteiger partial charge in [0.25, 0.3) is 0 Å². The van der Waals surface area contributed by atoms with Gasteiger partial charge >= 0.3 is 11.9 Å². The fraction of sp³-hybridized carbons (Fsp3) is 0.562. The molecule has 2 rings (SSSR count). The number of carbonyl (C=O) groups excluding carboxylic acids is 2. The zero-order valence-electron chi connectivity index (χ0n) is 23.8. The number of ether oxygens (including phenoxy) is 2. The van der Waals surface area contributed by atoms with Gasteiger partial charge in [0.1, 0.15) is 12.2 Å². The summed E-state index contributed by atoms with van der Waals surface area (Å²) in [4.78, 5) is 26.0. The molecule has 0 saturated carbocycles. The summed E-state index contributed by atoms with van der Waals surface area (Å²) >= 11 is 0. The zero-order chi connectivity index (χ0) is 27.1. The second-order valence-electron chi connectivity index (χ2n) is 11.8. The van der Waals surface area contributed by atoms with Crippen LogP contribution in [0.25, 0.3) is 0 Å². The van der Waals surface area contributed by atoms with E-state index in [9.17, 15) is 9.59 Å². The van der Waals surface area contributed by atoms with Gasteiger partial charge in [0.2, 0.25) is 0 Å². The Morgan fingerprint density at radius 2 is 0.972 bits per heavy atom. The highest BCUT2D eigenvalue weighted by atomic mass is 16.6. The van der Waals surface area contributed by atoms with E-state index in [1.165, 1.54) is 11.1 Å². The number of hydrogen-bond acceptors (Lipinski definition) is 4. The first kappa shape index (κ1) is 29.6. The Balaban J connectivity index is 2.17. The lowest BCUT2D eigenvalue weighted by molar-refractivity contribution is -0.0377. The van der Waals surface area contributed by atoms with E-state index in [1.807, 2.05) is 62.4 Å². The summed E-state index contributed by atoms with van der Waals surface area (Å²) in [5, 5.41) is 0. The Labute approximate surface area is 218 Å². The third kappa shape index (κ3) is 7.94. The van der Waals surface area contributed by atoms with Crippen molar-refractivity contribution in [2.24, 2.45) is 5.92 Å². The monoisotopic (exact) mass is 494 g/mol. The van der Waals surface area contributed by atoms with Gasteiger partial charge in [-0.1, -0.05) is 93.0 Å². The molecule has 4 nitrogen and oxygen atoms in total. The van der Waals surface area contributed by atoms with E-state index >= 15 is 0 Å². The second-order valence-corrected chi connectivity index (χ2v) is 11.8. The van der Waals surface area contributed by atoms with Crippen molar-refractivity contribution < 1.29 is 19.1 Å². The molecule has 4 heteroatoms. The van der Waals surface area contributed by atoms with Crippen molar-refractivity contribution in [2.75, 3.05) is 0 Å². The Bertz CT molecular complexity index is 895. The predicted molar refractivity (Wildman–Crippen MR) is 148 cm³/mol. The van der Waals surface area contributed by atoms with Crippen LogP contribution < -0.4 is 0 Å². The smallest absolute Gasteiger partial charge is 0.338 e. The summed E-state index contributed by atoms with van der Waals surface area (Å²) in [6.07, 6.45) is 2.37. The number of benzene rings is 2. The third-order valence-corrected chi connectivity index (χ3v) is 6.87. The van der Waals surface area contributed by atoms with Gasteiger partial charge in [-0.15, -0.1) is 0 Å². The van der Waals surface area contributed by atoms with Gasteiger partial charge in [-0.25, -0.2) is 9.59 Å². The largest absolute Gasteiger partial charge is 0.458 e. The van der Waals surface area contributed by atoms with Gasteiger partial charge < -0.3 is 9.47 Å². The molecule has 0 heterocycles. The molecule has 0 aromatic heterocycles. The molecule has 0 spiro atoms. The van der Waals surface area contributed by atoms with Crippen LogP contribution in [-0.4, -0.2) is 24.1 Å². The molecule has 0 amide bonds. The van der Waals surface area contributed by atoms with Crippen molar-refractivity contribution in [1.29, 1.82) is 0 Å². The maximum atomic E-state index is 13.0. The van der Waals surface area contributed by atoms with Gasteiger partial charge in [-0.3, -0.25) is 0 Å². The number of hydrogen-bond donors (Lipinski definition) is 0. The Morgan fingerprint density at radius 3 is 1.22 bits per heavy atom. The topological polar surface area (TPSA) is 52.6 Å². The molecule has 0 aliphatic rings. The molecule has 0 saturated heterocycles. The third-order valence-electron chi connectivity index (χ3n) is 6.87. The molecule has 0 radical (unpaired) electrons. The van der Waals surface area contributed by atoms with Crippen molar-refractivity contribution in [3.8, 4) is 0 Å². The van der Waals surface area contributed by atoms with Gasteiger partial charge in [0.15, 0.2) is 0 Å². The molecule has 2 atom stereocenters. The average Bonchev–Trinajstić information content (AvgIpc) is 2.83. The van der Waals surface area contributed by atoms with Gasteiger partial charge in [0, 0.05) is 5.92 Å². The number of esters is 2. The van der Waals surface area contributed by atoms with Gasteiger partial charge in [-0.05, 0) is 65.5 Å². The molecule has 0 aliphatic heterocycles. The molecule has 0 N–H and O–H groups in total. The molecule has 198 valence electrons. The molecular formula is C32H46O4. The van der Waals surface area contributed by atoms with E-state index in [1.54, 1.807) is 0 Å². The highest BCUT2D eigenvalue weighted by Crippen LogP contribution is 2.29. The summed E-state index contributed by atoms with van der Waals surface area (Å²) < 4.78 is 12.0. The van der Waals surface area contributed by atoms with Crippen LogP contribution in [0.4, 0.5) is 0 Å². The molecule has 0 bridgehead atoms. The first-order valence-electron chi connectivity index (χ1n) is 13.4. The van der Waals surface area contributed by atoms with Crippen molar-refractivity contribution in [3.63, 3.8) is 0 Å². The lowest BCUT2D eigenvalue weighted by Gasteiger charge is -2.32. The predicted octanol–water partition coefficient (Wildman–Crippen LogP) is 8.27. The standard InChI is InChI=1S/C32H46O4/c1-10-13-26(27(11-2)35-29(33)22-14-18-24(19-15-22)31(4,5)6)28(12-3)36-30(34)23-16-20-25(21-17-23)32(7,8)9/h14-21,26-28H,10-13H2,1-9H3. The van der Waals surface area contributed by atoms with Crippen LogP contribution in [0.5, 0.6) is 0 Å². The molecule has 0 aliphatic carbocycles. The van der Waals surface area contributed by atoms with Crippen molar-refractivity contribution in [2.45, 2.75) is 111 Å². The van der Waals surface area contributed by atoms with Crippen LogP contribution in [0, 0.1) is 5.92 Å². The minimum Gasteiger partial charge on any atom is -0.458 e. The summed E-state index contributed by atoms with van der Waals surface area (Å²) in [6, 6.07) is 15.3. The minimum atomic E-state index is -0.333. The first-order chi connectivity index (χ1) is 16.8. The first-order valence-corrected chi connectivity index (χ1v) is 13.4. The fourth-order valence-electron chi connectivity index (χ4n) is 4.52. The molecule has 2 aromatic rings. The van der Waals surface area contributed by atoms with Crippen molar-refractivity contribution in [1.82, 2.24) is 0 Å². The highest BCUT2D eigenvalue weighted by molar-refractivity contribution is 5.90. The van der Waals surface area contributed by atoms with E-state index in [0.717, 1.165) is 12.8 Å². The average molecular weight is 495 g/mol.